The van der Waals surface area contributed by atoms with Crippen molar-refractivity contribution in [2.75, 3.05) is 19.6 Å². The molecule has 1 aliphatic rings. The molecule has 0 aliphatic carbocycles. The number of hydrogen-bond donors (Lipinski definition) is 1. The van der Waals surface area contributed by atoms with Crippen LogP contribution in [0.25, 0.3) is 0 Å². The van der Waals surface area contributed by atoms with E-state index in [1.54, 1.807) is 20.8 Å². The molecule has 1 fully saturated rings. The van der Waals surface area contributed by atoms with Crippen LogP contribution in [0.2, 0.25) is 0 Å². The smallest absolute Gasteiger partial charge is 0.411 e. The Kier molecular flexibility index (Phi) is 5.98. The lowest BCUT2D eigenvalue weighted by Gasteiger charge is -2.45. The third-order valence-corrected chi connectivity index (χ3v) is 4.23. The molecule has 1 saturated heterocycles. The number of carboxylic acids is 1. The topological polar surface area (TPSA) is 96.4 Å². The number of piperazine rings is 1. The first-order valence-corrected chi connectivity index (χ1v) is 8.72. The van der Waals surface area contributed by atoms with Crippen molar-refractivity contribution in [1.29, 1.82) is 0 Å². The van der Waals surface area contributed by atoms with E-state index in [4.69, 9.17) is 9.47 Å². The molecule has 0 spiro atoms. The zero-order chi connectivity index (χ0) is 20.2. The van der Waals surface area contributed by atoms with E-state index < -0.39 is 29.3 Å². The standard InChI is InChI=1S/C19H26N2O6/c1-18(2,3)27-17(25)21-11-10-20(13-19(21,4)15(22)23)16(24)26-12-14-8-6-5-7-9-14/h5-9H,10-13H2,1-4H3,(H,22,23)/t19-/m0/s1. The lowest BCUT2D eigenvalue weighted by molar-refractivity contribution is -0.153. The maximum absolute atomic E-state index is 12.4. The first-order chi connectivity index (χ1) is 12.5. The van der Waals surface area contributed by atoms with Crippen molar-refractivity contribution in [2.45, 2.75) is 45.4 Å². The molecular formula is C19H26N2O6. The van der Waals surface area contributed by atoms with E-state index in [1.807, 2.05) is 30.3 Å². The minimum absolute atomic E-state index is 0.0398. The summed E-state index contributed by atoms with van der Waals surface area (Å²) in [7, 11) is 0. The highest BCUT2D eigenvalue weighted by atomic mass is 16.6. The second-order valence-electron chi connectivity index (χ2n) is 7.67. The highest BCUT2D eigenvalue weighted by Crippen LogP contribution is 2.25. The molecule has 0 bridgehead atoms. The molecule has 1 heterocycles. The van der Waals surface area contributed by atoms with Crippen LogP contribution in [0.1, 0.15) is 33.3 Å². The van der Waals surface area contributed by atoms with Crippen LogP contribution in [0.15, 0.2) is 30.3 Å². The SMILES string of the molecule is CC(C)(C)OC(=O)N1CCN(C(=O)OCc2ccccc2)C[C@@]1(C)C(=O)O. The van der Waals surface area contributed by atoms with Crippen molar-refractivity contribution in [1.82, 2.24) is 9.80 Å². The van der Waals surface area contributed by atoms with Gasteiger partial charge in [0.25, 0.3) is 0 Å². The summed E-state index contributed by atoms with van der Waals surface area (Å²) in [5, 5.41) is 9.69. The summed E-state index contributed by atoms with van der Waals surface area (Å²) in [6.07, 6.45) is -1.33. The fraction of sp³-hybridized carbons (Fsp3) is 0.526. The lowest BCUT2D eigenvalue weighted by Crippen LogP contribution is -2.67. The zero-order valence-corrected chi connectivity index (χ0v) is 16.1. The van der Waals surface area contributed by atoms with Crippen molar-refractivity contribution in [2.24, 2.45) is 0 Å². The zero-order valence-electron chi connectivity index (χ0n) is 16.1. The number of amides is 2. The second-order valence-corrected chi connectivity index (χ2v) is 7.67. The van der Waals surface area contributed by atoms with Gasteiger partial charge in [0.05, 0.1) is 6.54 Å². The number of nitrogens with zero attached hydrogens (tertiary/aromatic N) is 2. The third kappa shape index (κ3) is 5.12. The van der Waals surface area contributed by atoms with Gasteiger partial charge in [-0.3, -0.25) is 4.90 Å². The van der Waals surface area contributed by atoms with E-state index in [2.05, 4.69) is 0 Å². The van der Waals surface area contributed by atoms with E-state index in [1.165, 1.54) is 11.8 Å². The summed E-state index contributed by atoms with van der Waals surface area (Å²) in [4.78, 5) is 39.1. The summed E-state index contributed by atoms with van der Waals surface area (Å²) >= 11 is 0. The van der Waals surface area contributed by atoms with Gasteiger partial charge >= 0.3 is 18.2 Å². The molecule has 1 aromatic carbocycles. The van der Waals surface area contributed by atoms with E-state index in [0.717, 1.165) is 10.5 Å². The van der Waals surface area contributed by atoms with Gasteiger partial charge in [0, 0.05) is 13.1 Å². The predicted octanol–water partition coefficient (Wildman–Crippen LogP) is 2.72. The van der Waals surface area contributed by atoms with Crippen LogP contribution in [-0.4, -0.2) is 63.8 Å². The summed E-state index contributed by atoms with van der Waals surface area (Å²) < 4.78 is 10.6. The Balaban J connectivity index is 2.06. The van der Waals surface area contributed by atoms with Crippen LogP contribution in [0.3, 0.4) is 0 Å². The molecule has 2 amide bonds. The van der Waals surface area contributed by atoms with Gasteiger partial charge in [-0.2, -0.15) is 0 Å². The monoisotopic (exact) mass is 378 g/mol. The number of benzene rings is 1. The van der Waals surface area contributed by atoms with E-state index in [-0.39, 0.29) is 26.2 Å². The summed E-state index contributed by atoms with van der Waals surface area (Å²) in [6, 6.07) is 9.19. The van der Waals surface area contributed by atoms with Crippen LogP contribution in [-0.2, 0) is 20.9 Å². The molecule has 2 rings (SSSR count). The molecule has 0 unspecified atom stereocenters. The van der Waals surface area contributed by atoms with Crippen molar-refractivity contribution in [3.05, 3.63) is 35.9 Å². The number of carbonyl (C=O) groups is 3. The van der Waals surface area contributed by atoms with Gasteiger partial charge in [-0.15, -0.1) is 0 Å². The summed E-state index contributed by atoms with van der Waals surface area (Å²) in [6.45, 7) is 6.63. The van der Waals surface area contributed by atoms with E-state index in [0.29, 0.717) is 0 Å². The predicted molar refractivity (Wildman–Crippen MR) is 97.2 cm³/mol. The molecule has 8 nitrogen and oxygen atoms in total. The van der Waals surface area contributed by atoms with E-state index in [9.17, 15) is 19.5 Å². The second kappa shape index (κ2) is 7.85. The molecule has 1 aromatic rings. The van der Waals surface area contributed by atoms with Gasteiger partial charge in [0.15, 0.2) is 5.54 Å². The first kappa shape index (κ1) is 20.5. The minimum Gasteiger partial charge on any atom is -0.479 e. The Labute approximate surface area is 158 Å². The number of carboxylic acid groups (broad SMARTS) is 1. The van der Waals surface area contributed by atoms with Gasteiger partial charge in [-0.05, 0) is 33.3 Å². The number of carbonyl (C=O) groups excluding carboxylic acids is 2. The molecule has 8 heteroatoms. The number of rotatable bonds is 3. The van der Waals surface area contributed by atoms with Gasteiger partial charge in [0.1, 0.15) is 12.2 Å². The average molecular weight is 378 g/mol. The first-order valence-electron chi connectivity index (χ1n) is 8.72. The minimum atomic E-state index is -1.60. The summed E-state index contributed by atoms with van der Waals surface area (Å²) in [5.74, 6) is -1.21. The van der Waals surface area contributed by atoms with Crippen LogP contribution >= 0.6 is 0 Å². The molecular weight excluding hydrogens is 352 g/mol. The Morgan fingerprint density at radius 1 is 1.11 bits per heavy atom. The molecule has 1 N–H and O–H groups in total. The van der Waals surface area contributed by atoms with Crippen LogP contribution < -0.4 is 0 Å². The van der Waals surface area contributed by atoms with Crippen LogP contribution in [0.4, 0.5) is 9.59 Å². The van der Waals surface area contributed by atoms with Gasteiger partial charge in [-0.25, -0.2) is 14.4 Å². The molecule has 27 heavy (non-hydrogen) atoms. The fourth-order valence-corrected chi connectivity index (χ4v) is 2.76. The lowest BCUT2D eigenvalue weighted by atomic mass is 9.97. The van der Waals surface area contributed by atoms with Crippen LogP contribution in [0.5, 0.6) is 0 Å². The van der Waals surface area contributed by atoms with Gasteiger partial charge in [0.2, 0.25) is 0 Å². The van der Waals surface area contributed by atoms with Crippen molar-refractivity contribution < 1.29 is 29.0 Å². The Bertz CT molecular complexity index is 700. The van der Waals surface area contributed by atoms with Gasteiger partial charge in [-0.1, -0.05) is 30.3 Å². The molecule has 0 aromatic heterocycles. The third-order valence-electron chi connectivity index (χ3n) is 4.23. The highest BCUT2D eigenvalue weighted by Gasteiger charge is 2.49. The van der Waals surface area contributed by atoms with Crippen molar-refractivity contribution in [3.63, 3.8) is 0 Å². The summed E-state index contributed by atoms with van der Waals surface area (Å²) in [5.41, 5.74) is -1.52. The normalized spacial score (nSPS) is 20.1. The Hall–Kier alpha value is -2.77. The average Bonchev–Trinajstić information content (AvgIpc) is 2.58. The quantitative estimate of drug-likeness (QED) is 0.869. The molecule has 0 saturated carbocycles. The fourth-order valence-electron chi connectivity index (χ4n) is 2.76. The van der Waals surface area contributed by atoms with E-state index >= 15 is 0 Å². The van der Waals surface area contributed by atoms with Crippen molar-refractivity contribution in [3.8, 4) is 0 Å². The Morgan fingerprint density at radius 3 is 2.30 bits per heavy atom. The molecule has 148 valence electrons. The molecule has 0 radical (unpaired) electrons. The highest BCUT2D eigenvalue weighted by molar-refractivity contribution is 5.85. The number of ether oxygens (including phenoxy) is 2. The van der Waals surface area contributed by atoms with Crippen molar-refractivity contribution >= 4 is 18.2 Å². The number of hydrogen-bond acceptors (Lipinski definition) is 5. The number of aliphatic carboxylic acids is 1. The maximum Gasteiger partial charge on any atom is 0.411 e. The Morgan fingerprint density at radius 2 is 1.74 bits per heavy atom. The van der Waals surface area contributed by atoms with Gasteiger partial charge < -0.3 is 19.5 Å². The largest absolute Gasteiger partial charge is 0.479 e. The molecule has 1 aliphatic heterocycles. The maximum atomic E-state index is 12.4. The molecule has 1 atom stereocenters. The van der Waals surface area contributed by atoms with Crippen LogP contribution in [0, 0.1) is 0 Å².